The maximum absolute atomic E-state index is 14.2. The van der Waals surface area contributed by atoms with Crippen molar-refractivity contribution in [1.29, 1.82) is 0 Å². The highest BCUT2D eigenvalue weighted by Gasteiger charge is 2.35. The monoisotopic (exact) mass is 768 g/mol. The van der Waals surface area contributed by atoms with E-state index in [1.807, 2.05) is 19.9 Å². The van der Waals surface area contributed by atoms with Crippen LogP contribution in [0.4, 0.5) is 40.3 Å². The molecule has 0 unspecified atom stereocenters. The summed E-state index contributed by atoms with van der Waals surface area (Å²) < 4.78 is 65.5. The van der Waals surface area contributed by atoms with Crippen molar-refractivity contribution >= 4 is 34.7 Å². The minimum absolute atomic E-state index is 0.0234. The summed E-state index contributed by atoms with van der Waals surface area (Å²) in [6.45, 7) is 5.41. The minimum atomic E-state index is -4.66. The van der Waals surface area contributed by atoms with Crippen LogP contribution in [-0.2, 0) is 6.18 Å². The molecule has 6 aromatic rings. The summed E-state index contributed by atoms with van der Waals surface area (Å²) in [6, 6.07) is 23.1. The van der Waals surface area contributed by atoms with Gasteiger partial charge >= 0.3 is 18.1 Å². The molecule has 2 aromatic heterocycles. The molecule has 0 spiro atoms. The van der Waals surface area contributed by atoms with Crippen LogP contribution in [0.15, 0.2) is 103 Å². The second-order valence-electron chi connectivity index (χ2n) is 12.5. The minimum Gasteiger partial charge on any atom is -0.497 e. The molecule has 10 nitrogen and oxygen atoms in total. The number of aromatic carboxylic acids is 2. The van der Waals surface area contributed by atoms with Crippen molar-refractivity contribution < 1.29 is 46.8 Å². The Hall–Kier alpha value is -6.96. The molecule has 0 aliphatic heterocycles. The first kappa shape index (κ1) is 40.2. The predicted molar refractivity (Wildman–Crippen MR) is 205 cm³/mol. The Morgan fingerprint density at radius 3 is 1.86 bits per heavy atom. The zero-order valence-corrected chi connectivity index (χ0v) is 30.7. The van der Waals surface area contributed by atoms with Crippen molar-refractivity contribution in [2.24, 2.45) is 0 Å². The summed E-state index contributed by atoms with van der Waals surface area (Å²) >= 11 is 0. The molecule has 0 amide bonds. The summed E-state index contributed by atoms with van der Waals surface area (Å²) in [5, 5.41) is 24.6. The number of pyridine rings is 2. The van der Waals surface area contributed by atoms with Crippen LogP contribution < -0.4 is 20.1 Å². The van der Waals surface area contributed by atoms with Crippen LogP contribution in [0, 0.1) is 26.6 Å². The standard InChI is InChI=1S/C21H17F3N2O3.C21H19FN2O3/c1-12-6-7-18(16(8-12)20(27)28)26-14-10-17(21(22,23)24)19(25-11-14)13-4-3-5-15(9-13)29-2;1-12-4-7-18(16(8-12)21(25)26)24-20-11-23-19(9-13(20)2)15-10-14(27-3)5-6-17(15)22/h3-11,26H,1-2H3,(H,27,28);4-11,24H,1-3H3,(H,25,26). The van der Waals surface area contributed by atoms with Gasteiger partial charge in [-0.2, -0.15) is 13.2 Å². The lowest BCUT2D eigenvalue weighted by atomic mass is 10.0. The van der Waals surface area contributed by atoms with Gasteiger partial charge in [-0.3, -0.25) is 9.97 Å². The van der Waals surface area contributed by atoms with Gasteiger partial charge in [-0.15, -0.1) is 0 Å². The third-order valence-electron chi connectivity index (χ3n) is 8.46. The SMILES string of the molecule is COc1ccc(F)c(-c2cc(C)c(Nc3ccc(C)cc3C(=O)O)cn2)c1.COc1cccc(-c2ncc(Nc3ccc(C)cc3C(=O)O)cc2C(F)(F)F)c1. The first-order chi connectivity index (χ1) is 26.6. The Kier molecular flexibility index (Phi) is 12.2. The Labute approximate surface area is 319 Å². The van der Waals surface area contributed by atoms with Crippen molar-refractivity contribution in [2.75, 3.05) is 24.9 Å². The number of aryl methyl sites for hydroxylation is 3. The van der Waals surface area contributed by atoms with Crippen molar-refractivity contribution in [3.63, 3.8) is 0 Å². The molecule has 0 atom stereocenters. The highest BCUT2D eigenvalue weighted by atomic mass is 19.4. The lowest BCUT2D eigenvalue weighted by molar-refractivity contribution is -0.137. The van der Waals surface area contributed by atoms with E-state index in [1.54, 1.807) is 61.7 Å². The van der Waals surface area contributed by atoms with E-state index in [0.29, 0.717) is 34.1 Å². The number of rotatable bonds is 10. The molecule has 0 aliphatic carbocycles. The fourth-order valence-corrected chi connectivity index (χ4v) is 5.60. The smallest absolute Gasteiger partial charge is 0.418 e. The van der Waals surface area contributed by atoms with E-state index >= 15 is 0 Å². The van der Waals surface area contributed by atoms with E-state index in [2.05, 4.69) is 20.6 Å². The normalized spacial score (nSPS) is 10.9. The second kappa shape index (κ2) is 17.0. The van der Waals surface area contributed by atoms with Crippen LogP contribution in [0.3, 0.4) is 0 Å². The van der Waals surface area contributed by atoms with Gasteiger partial charge in [0.05, 0.1) is 77.4 Å². The zero-order valence-electron chi connectivity index (χ0n) is 30.7. The summed E-state index contributed by atoms with van der Waals surface area (Å²) in [4.78, 5) is 31.2. The number of nitrogens with zero attached hydrogens (tertiary/aromatic N) is 2. The molecule has 2 heterocycles. The third-order valence-corrected chi connectivity index (χ3v) is 8.46. The lowest BCUT2D eigenvalue weighted by Gasteiger charge is -2.16. The molecule has 4 aromatic carbocycles. The molecule has 288 valence electrons. The molecule has 0 fully saturated rings. The first-order valence-corrected chi connectivity index (χ1v) is 16.8. The summed E-state index contributed by atoms with van der Waals surface area (Å²) in [5.41, 5.74) is 3.70. The van der Waals surface area contributed by atoms with Gasteiger partial charge in [0.25, 0.3) is 0 Å². The first-order valence-electron chi connectivity index (χ1n) is 16.8. The highest BCUT2D eigenvalue weighted by molar-refractivity contribution is 5.96. The Morgan fingerprint density at radius 1 is 0.679 bits per heavy atom. The van der Waals surface area contributed by atoms with E-state index in [1.165, 1.54) is 50.7 Å². The molecular formula is C42H36F4N4O6. The molecule has 6 rings (SSSR count). The average Bonchev–Trinajstić information content (AvgIpc) is 3.17. The molecule has 0 radical (unpaired) electrons. The van der Waals surface area contributed by atoms with Crippen molar-refractivity contribution in [3.8, 4) is 34.0 Å². The van der Waals surface area contributed by atoms with Crippen molar-refractivity contribution in [3.05, 3.63) is 143 Å². The lowest BCUT2D eigenvalue weighted by Crippen LogP contribution is -2.10. The van der Waals surface area contributed by atoms with Gasteiger partial charge in [-0.1, -0.05) is 35.4 Å². The number of benzene rings is 4. The molecule has 0 aliphatic rings. The topological polar surface area (TPSA) is 143 Å². The Bertz CT molecular complexity index is 2420. The average molecular weight is 769 g/mol. The zero-order chi connectivity index (χ0) is 40.7. The number of hydrogen-bond acceptors (Lipinski definition) is 8. The Balaban J connectivity index is 0.000000215. The van der Waals surface area contributed by atoms with Gasteiger partial charge in [-0.05, 0) is 93.1 Å². The number of ether oxygens (including phenoxy) is 2. The fourth-order valence-electron chi connectivity index (χ4n) is 5.60. The summed E-state index contributed by atoms with van der Waals surface area (Å²) in [7, 11) is 2.94. The van der Waals surface area contributed by atoms with Crippen LogP contribution in [0.2, 0.25) is 0 Å². The molecule has 14 heteroatoms. The maximum atomic E-state index is 14.2. The molecule has 4 N–H and O–H groups in total. The van der Waals surface area contributed by atoms with E-state index in [4.69, 9.17) is 9.47 Å². The number of alkyl halides is 3. The number of carboxylic acids is 2. The van der Waals surface area contributed by atoms with Crippen LogP contribution in [0.1, 0.15) is 43.0 Å². The van der Waals surface area contributed by atoms with E-state index in [9.17, 15) is 37.4 Å². The number of aromatic nitrogens is 2. The predicted octanol–water partition coefficient (Wildman–Crippen LogP) is 10.5. The van der Waals surface area contributed by atoms with Gasteiger partial charge in [0.1, 0.15) is 17.3 Å². The van der Waals surface area contributed by atoms with Crippen LogP contribution in [-0.4, -0.2) is 46.3 Å². The number of methoxy groups -OCH3 is 2. The maximum Gasteiger partial charge on any atom is 0.418 e. The quantitative estimate of drug-likeness (QED) is 0.0995. The number of carboxylic acid groups (broad SMARTS) is 2. The number of carbonyl (C=O) groups is 2. The molecule has 0 bridgehead atoms. The van der Waals surface area contributed by atoms with Gasteiger partial charge < -0.3 is 30.3 Å². The highest BCUT2D eigenvalue weighted by Crippen LogP contribution is 2.39. The number of nitrogens with one attached hydrogen (secondary N) is 2. The van der Waals surface area contributed by atoms with Gasteiger partial charge in [0.15, 0.2) is 0 Å². The van der Waals surface area contributed by atoms with Crippen LogP contribution in [0.5, 0.6) is 11.5 Å². The van der Waals surface area contributed by atoms with E-state index in [-0.39, 0.29) is 33.8 Å². The van der Waals surface area contributed by atoms with Gasteiger partial charge in [0.2, 0.25) is 0 Å². The van der Waals surface area contributed by atoms with E-state index < -0.39 is 29.5 Å². The van der Waals surface area contributed by atoms with Gasteiger partial charge in [-0.25, -0.2) is 14.0 Å². The summed E-state index contributed by atoms with van der Waals surface area (Å²) in [6.07, 6.45) is -1.86. The summed E-state index contributed by atoms with van der Waals surface area (Å²) in [5.74, 6) is -1.64. The van der Waals surface area contributed by atoms with Crippen molar-refractivity contribution in [2.45, 2.75) is 26.9 Å². The third kappa shape index (κ3) is 9.58. The molecule has 56 heavy (non-hydrogen) atoms. The second-order valence-corrected chi connectivity index (χ2v) is 12.5. The molecule has 0 saturated heterocycles. The largest absolute Gasteiger partial charge is 0.497 e. The van der Waals surface area contributed by atoms with E-state index in [0.717, 1.165) is 22.8 Å². The number of hydrogen-bond donors (Lipinski definition) is 4. The molecule has 0 saturated carbocycles. The fraction of sp³-hybridized carbons (Fsp3) is 0.143. The van der Waals surface area contributed by atoms with Crippen LogP contribution >= 0.6 is 0 Å². The molecular weight excluding hydrogens is 732 g/mol. The van der Waals surface area contributed by atoms with Crippen LogP contribution in [0.25, 0.3) is 22.5 Å². The Morgan fingerprint density at radius 2 is 1.29 bits per heavy atom. The van der Waals surface area contributed by atoms with Crippen molar-refractivity contribution in [1.82, 2.24) is 9.97 Å². The number of halogens is 4. The number of anilines is 4. The van der Waals surface area contributed by atoms with Gasteiger partial charge in [0, 0.05) is 11.1 Å².